The fourth-order valence-corrected chi connectivity index (χ4v) is 0.874. The van der Waals surface area contributed by atoms with Gasteiger partial charge in [-0.15, -0.1) is 0 Å². The zero-order chi connectivity index (χ0) is 6.97. The second-order valence-corrected chi connectivity index (χ2v) is 2.05. The van der Waals surface area contributed by atoms with E-state index in [9.17, 15) is 0 Å². The summed E-state index contributed by atoms with van der Waals surface area (Å²) in [7, 11) is 0. The Balaban J connectivity index is 3.09. The molecule has 0 amide bonds. The van der Waals surface area contributed by atoms with Gasteiger partial charge in [-0.2, -0.15) is 0 Å². The molecule has 0 aliphatic heterocycles. The maximum Gasteiger partial charge on any atom is 0.205 e. The largest absolute Gasteiger partial charge is 0.432 e. The first-order valence-electron chi connectivity index (χ1n) is 3.02. The van der Waals surface area contributed by atoms with Gasteiger partial charge in [0, 0.05) is 6.92 Å². The normalized spacial score (nSPS) is 12.1. The van der Waals surface area contributed by atoms with Crippen LogP contribution in [-0.2, 0) is 0 Å². The highest BCUT2D eigenvalue weighted by Gasteiger charge is 1.93. The Morgan fingerprint density at radius 1 is 1.60 bits per heavy atom. The lowest BCUT2D eigenvalue weighted by atomic mass is 10.4. The predicted octanol–water partition coefficient (Wildman–Crippen LogP) is -0.132. The van der Waals surface area contributed by atoms with Gasteiger partial charge in [0.05, 0.1) is 0 Å². The molecule has 0 radical (unpaired) electrons. The summed E-state index contributed by atoms with van der Waals surface area (Å²) in [5, 5.41) is 0.844. The van der Waals surface area contributed by atoms with Gasteiger partial charge >= 0.3 is 0 Å². The van der Waals surface area contributed by atoms with Crippen molar-refractivity contribution in [2.24, 2.45) is 0 Å². The SMILES string of the molecule is Cc1nc2c(o1)=C=C=CC=2. The van der Waals surface area contributed by atoms with E-state index in [2.05, 4.69) is 16.4 Å². The minimum absolute atomic E-state index is 0.672. The van der Waals surface area contributed by atoms with Crippen molar-refractivity contribution < 1.29 is 4.42 Å². The van der Waals surface area contributed by atoms with Crippen LogP contribution in [-0.4, -0.2) is 4.98 Å². The summed E-state index contributed by atoms with van der Waals surface area (Å²) >= 11 is 0. The molecule has 1 aliphatic carbocycles. The number of rotatable bonds is 0. The molecule has 1 aromatic heterocycles. The zero-order valence-corrected chi connectivity index (χ0v) is 5.51. The zero-order valence-electron chi connectivity index (χ0n) is 5.51. The van der Waals surface area contributed by atoms with Crippen LogP contribution in [0.3, 0.4) is 0 Å². The molecule has 10 heavy (non-hydrogen) atoms. The number of aryl methyl sites for hydroxylation is 1. The summed E-state index contributed by atoms with van der Waals surface area (Å²) in [5.41, 5.74) is 6.29. The predicted molar refractivity (Wildman–Crippen MR) is 36.4 cm³/mol. The first-order chi connectivity index (χ1) is 4.86. The highest BCUT2D eigenvalue weighted by atomic mass is 16.3. The average molecular weight is 131 g/mol. The van der Waals surface area contributed by atoms with Crippen LogP contribution < -0.4 is 10.8 Å². The fraction of sp³-hybridized carbons (Fsp3) is 0.125. The third kappa shape index (κ3) is 0.645. The molecule has 1 heterocycles. The Morgan fingerprint density at radius 2 is 2.50 bits per heavy atom. The van der Waals surface area contributed by atoms with Gasteiger partial charge in [-0.1, -0.05) is 5.73 Å². The van der Waals surface area contributed by atoms with Gasteiger partial charge in [0.2, 0.25) is 5.42 Å². The Hall–Kier alpha value is -1.49. The Morgan fingerprint density at radius 3 is 3.30 bits per heavy atom. The average Bonchev–Trinajstić information content (AvgIpc) is 2.27. The van der Waals surface area contributed by atoms with Crippen LogP contribution in [0.15, 0.2) is 16.2 Å². The summed E-state index contributed by atoms with van der Waals surface area (Å²) in [6, 6.07) is 0. The van der Waals surface area contributed by atoms with Crippen LogP contribution >= 0.6 is 0 Å². The topological polar surface area (TPSA) is 26.0 Å². The maximum atomic E-state index is 5.17. The molecule has 0 fully saturated rings. The number of oxazole rings is 1. The minimum Gasteiger partial charge on any atom is -0.432 e. The van der Waals surface area contributed by atoms with E-state index in [0.29, 0.717) is 11.3 Å². The number of aromatic nitrogens is 1. The van der Waals surface area contributed by atoms with Crippen LogP contribution in [0.2, 0.25) is 0 Å². The lowest BCUT2D eigenvalue weighted by Gasteiger charge is -1.71. The van der Waals surface area contributed by atoms with E-state index in [4.69, 9.17) is 4.42 Å². The van der Waals surface area contributed by atoms with E-state index < -0.39 is 0 Å². The third-order valence-corrected chi connectivity index (χ3v) is 1.27. The van der Waals surface area contributed by atoms with Gasteiger partial charge in [-0.05, 0) is 17.9 Å². The summed E-state index contributed by atoms with van der Waals surface area (Å²) in [6.07, 6.45) is 3.62. The van der Waals surface area contributed by atoms with E-state index in [1.165, 1.54) is 0 Å². The molecule has 48 valence electrons. The van der Waals surface area contributed by atoms with Gasteiger partial charge in [0.1, 0.15) is 5.35 Å². The fourth-order valence-electron chi connectivity index (χ4n) is 0.874. The van der Waals surface area contributed by atoms with Gasteiger partial charge in [-0.25, -0.2) is 4.98 Å². The highest BCUT2D eigenvalue weighted by molar-refractivity contribution is 5.40. The summed E-state index contributed by atoms with van der Waals surface area (Å²) in [5.74, 6) is 0.672. The number of nitrogens with zero attached hydrogens (tertiary/aromatic N) is 1. The smallest absolute Gasteiger partial charge is 0.205 e. The summed E-state index contributed by atoms with van der Waals surface area (Å²) in [4.78, 5) is 4.10. The first kappa shape index (κ1) is 5.31. The van der Waals surface area contributed by atoms with Gasteiger partial charge in [-0.3, -0.25) is 0 Å². The summed E-state index contributed by atoms with van der Waals surface area (Å²) < 4.78 is 5.17. The van der Waals surface area contributed by atoms with Gasteiger partial charge in [0.15, 0.2) is 5.89 Å². The minimum atomic E-state index is 0.672. The molecule has 2 rings (SSSR count). The highest BCUT2D eigenvalue weighted by Crippen LogP contribution is 1.80. The van der Waals surface area contributed by atoms with Crippen molar-refractivity contribution >= 4 is 11.8 Å². The Kier molecular flexibility index (Phi) is 0.925. The van der Waals surface area contributed by atoms with Crippen molar-refractivity contribution in [1.29, 1.82) is 0 Å². The Bertz CT molecular complexity index is 440. The molecule has 0 aromatic carbocycles. The standard InChI is InChI=1S/C8H5NO/c1-6-9-7-4-2-3-5-8(7)10-6/h2,4H,1H3. The van der Waals surface area contributed by atoms with Crippen molar-refractivity contribution in [2.75, 3.05) is 0 Å². The molecule has 1 aliphatic rings. The first-order valence-corrected chi connectivity index (χ1v) is 3.02. The quantitative estimate of drug-likeness (QED) is 0.458. The van der Waals surface area contributed by atoms with Crippen molar-refractivity contribution in [3.8, 4) is 0 Å². The maximum absolute atomic E-state index is 5.17. The van der Waals surface area contributed by atoms with Crippen LogP contribution in [0.5, 0.6) is 0 Å². The monoisotopic (exact) mass is 131 g/mol. The van der Waals surface area contributed by atoms with Crippen molar-refractivity contribution in [2.45, 2.75) is 6.92 Å². The van der Waals surface area contributed by atoms with Crippen LogP contribution in [0.25, 0.3) is 11.8 Å². The molecule has 0 saturated carbocycles. The molecule has 2 heteroatoms. The number of hydrogen-bond donors (Lipinski definition) is 0. The van der Waals surface area contributed by atoms with Gasteiger partial charge in [0.25, 0.3) is 0 Å². The summed E-state index contributed by atoms with van der Waals surface area (Å²) in [6.45, 7) is 1.81. The third-order valence-electron chi connectivity index (χ3n) is 1.27. The molecule has 0 atom stereocenters. The van der Waals surface area contributed by atoms with E-state index in [1.807, 2.05) is 13.0 Å². The molecular weight excluding hydrogens is 126 g/mol. The van der Waals surface area contributed by atoms with Gasteiger partial charge < -0.3 is 4.42 Å². The molecular formula is C8H5NO. The van der Waals surface area contributed by atoms with Crippen molar-refractivity contribution in [3.63, 3.8) is 0 Å². The second-order valence-electron chi connectivity index (χ2n) is 2.05. The van der Waals surface area contributed by atoms with E-state index in [-0.39, 0.29) is 0 Å². The molecule has 0 bridgehead atoms. The lowest BCUT2D eigenvalue weighted by molar-refractivity contribution is 0.493. The number of hydrogen-bond acceptors (Lipinski definition) is 2. The van der Waals surface area contributed by atoms with Crippen molar-refractivity contribution in [3.05, 3.63) is 28.5 Å². The number of allylic oxidation sites excluding steroid dienone is 1. The molecule has 0 saturated heterocycles. The van der Waals surface area contributed by atoms with Crippen LogP contribution in [0.1, 0.15) is 5.89 Å². The molecule has 0 unspecified atom stereocenters. The Labute approximate surface area is 57.5 Å². The van der Waals surface area contributed by atoms with E-state index >= 15 is 0 Å². The molecule has 1 aromatic rings. The van der Waals surface area contributed by atoms with Crippen LogP contribution in [0.4, 0.5) is 0 Å². The molecule has 0 N–H and O–H groups in total. The van der Waals surface area contributed by atoms with E-state index in [0.717, 1.165) is 5.35 Å². The lowest BCUT2D eigenvalue weighted by Crippen LogP contribution is -2.21. The second kappa shape index (κ2) is 1.74. The van der Waals surface area contributed by atoms with Crippen LogP contribution in [0, 0.1) is 6.92 Å². The molecule has 0 spiro atoms. The van der Waals surface area contributed by atoms with E-state index in [1.54, 1.807) is 6.08 Å². The molecule has 2 nitrogen and oxygen atoms in total. The van der Waals surface area contributed by atoms with Crippen molar-refractivity contribution in [1.82, 2.24) is 4.98 Å². The number of fused-ring (bicyclic) bond motifs is 1.